The summed E-state index contributed by atoms with van der Waals surface area (Å²) in [5.74, 6) is 0.248. The van der Waals surface area contributed by atoms with Crippen LogP contribution in [0.25, 0.3) is 0 Å². The van der Waals surface area contributed by atoms with E-state index in [1.54, 1.807) is 0 Å². The lowest BCUT2D eigenvalue weighted by molar-refractivity contribution is -0.118. The zero-order valence-corrected chi connectivity index (χ0v) is 15.3. The molecule has 8 heteroatoms. The van der Waals surface area contributed by atoms with Gasteiger partial charge < -0.3 is 4.90 Å². The van der Waals surface area contributed by atoms with E-state index < -0.39 is 9.84 Å². The molecule has 0 unspecified atom stereocenters. The molecule has 1 aromatic rings. The van der Waals surface area contributed by atoms with Gasteiger partial charge in [-0.05, 0) is 24.5 Å². The van der Waals surface area contributed by atoms with Gasteiger partial charge >= 0.3 is 0 Å². The molecule has 1 saturated carbocycles. The summed E-state index contributed by atoms with van der Waals surface area (Å²) >= 11 is 7.68. The minimum Gasteiger partial charge on any atom is -0.342 e. The molecule has 3 fully saturated rings. The number of rotatable bonds is 3. The van der Waals surface area contributed by atoms with Crippen molar-refractivity contribution in [2.75, 3.05) is 11.5 Å². The SMILES string of the molecule is O=C(N=C1S[C@@H]2CS(=O)(=O)C[C@H]2N1Cc1ccccc1Cl)C1CC1. The molecular formula is C16H17ClN2O3S2. The zero-order chi connectivity index (χ0) is 16.9. The average Bonchev–Trinajstić information content (AvgIpc) is 3.26. The van der Waals surface area contributed by atoms with E-state index in [1.807, 2.05) is 29.2 Å². The molecule has 1 amide bonds. The van der Waals surface area contributed by atoms with E-state index in [9.17, 15) is 13.2 Å². The van der Waals surface area contributed by atoms with Crippen molar-refractivity contribution in [3.05, 3.63) is 34.9 Å². The number of halogens is 1. The van der Waals surface area contributed by atoms with Crippen molar-refractivity contribution in [1.82, 2.24) is 4.90 Å². The number of hydrogen-bond donors (Lipinski definition) is 0. The lowest BCUT2D eigenvalue weighted by Gasteiger charge is -2.24. The number of amides is 1. The van der Waals surface area contributed by atoms with Crippen molar-refractivity contribution >= 4 is 44.3 Å². The van der Waals surface area contributed by atoms with Gasteiger partial charge in [0, 0.05) is 22.7 Å². The monoisotopic (exact) mass is 384 g/mol. The molecule has 0 spiro atoms. The summed E-state index contributed by atoms with van der Waals surface area (Å²) in [6, 6.07) is 7.36. The summed E-state index contributed by atoms with van der Waals surface area (Å²) in [7, 11) is -3.03. The minimum atomic E-state index is -3.03. The number of benzene rings is 1. The standard InChI is InChI=1S/C16H17ClN2O3S2/c17-12-4-2-1-3-11(12)7-19-13-8-24(21,22)9-14(13)23-16(19)18-15(20)10-5-6-10/h1-4,10,13-14H,5-9H2/t13-,14-/m1/s1. The van der Waals surface area contributed by atoms with E-state index in [-0.39, 0.29) is 34.6 Å². The van der Waals surface area contributed by atoms with Crippen LogP contribution in [0.3, 0.4) is 0 Å². The van der Waals surface area contributed by atoms with Gasteiger partial charge in [0.2, 0.25) is 0 Å². The van der Waals surface area contributed by atoms with Crippen molar-refractivity contribution in [3.8, 4) is 0 Å². The maximum absolute atomic E-state index is 12.1. The number of hydrogen-bond acceptors (Lipinski definition) is 4. The Labute approximate surface area is 150 Å². The van der Waals surface area contributed by atoms with Crippen LogP contribution in [-0.4, -0.2) is 47.2 Å². The van der Waals surface area contributed by atoms with E-state index in [4.69, 9.17) is 11.6 Å². The van der Waals surface area contributed by atoms with E-state index >= 15 is 0 Å². The summed E-state index contributed by atoms with van der Waals surface area (Å²) in [5, 5.41) is 1.24. The van der Waals surface area contributed by atoms with Gasteiger partial charge in [-0.25, -0.2) is 8.42 Å². The third-order valence-corrected chi connectivity index (χ3v) is 8.22. The molecule has 24 heavy (non-hydrogen) atoms. The number of carbonyl (C=O) groups is 1. The van der Waals surface area contributed by atoms with Gasteiger partial charge in [-0.3, -0.25) is 4.79 Å². The Morgan fingerprint density at radius 2 is 2.04 bits per heavy atom. The summed E-state index contributed by atoms with van der Waals surface area (Å²) < 4.78 is 24.0. The van der Waals surface area contributed by atoms with Gasteiger partial charge in [0.15, 0.2) is 15.0 Å². The lowest BCUT2D eigenvalue weighted by Crippen LogP contribution is -2.37. The minimum absolute atomic E-state index is 0.0526. The Morgan fingerprint density at radius 1 is 1.29 bits per heavy atom. The number of nitrogens with zero attached hydrogens (tertiary/aromatic N) is 2. The van der Waals surface area contributed by atoms with Crippen LogP contribution in [0.15, 0.2) is 29.3 Å². The first-order chi connectivity index (χ1) is 11.4. The maximum atomic E-state index is 12.1. The molecule has 2 heterocycles. The molecular weight excluding hydrogens is 368 g/mol. The van der Waals surface area contributed by atoms with Crippen LogP contribution < -0.4 is 0 Å². The summed E-state index contributed by atoms with van der Waals surface area (Å²) in [6.45, 7) is 0.472. The van der Waals surface area contributed by atoms with Crippen molar-refractivity contribution in [1.29, 1.82) is 0 Å². The van der Waals surface area contributed by atoms with Crippen LogP contribution in [0.5, 0.6) is 0 Å². The number of thioether (sulfide) groups is 1. The first-order valence-electron chi connectivity index (χ1n) is 7.92. The molecule has 0 aromatic heterocycles. The number of carbonyl (C=O) groups excluding carboxylic acids is 1. The second-order valence-electron chi connectivity index (χ2n) is 6.53. The lowest BCUT2D eigenvalue weighted by atomic mass is 10.1. The molecule has 128 valence electrons. The number of fused-ring (bicyclic) bond motifs is 1. The Kier molecular flexibility index (Phi) is 4.13. The molecule has 2 saturated heterocycles. The van der Waals surface area contributed by atoms with Gasteiger partial charge in [-0.1, -0.05) is 41.6 Å². The predicted molar refractivity (Wildman–Crippen MR) is 96.0 cm³/mol. The topological polar surface area (TPSA) is 66.8 Å². The number of aliphatic imine (C=N–C) groups is 1. The highest BCUT2D eigenvalue weighted by molar-refractivity contribution is 8.15. The van der Waals surface area contributed by atoms with E-state index in [2.05, 4.69) is 4.99 Å². The summed E-state index contributed by atoms with van der Waals surface area (Å²) in [5.41, 5.74) is 0.913. The highest BCUT2D eigenvalue weighted by atomic mass is 35.5. The van der Waals surface area contributed by atoms with Gasteiger partial charge in [-0.2, -0.15) is 4.99 Å². The van der Waals surface area contributed by atoms with Crippen LogP contribution in [0, 0.1) is 5.92 Å². The van der Waals surface area contributed by atoms with Gasteiger partial charge in [0.05, 0.1) is 17.5 Å². The van der Waals surface area contributed by atoms with Crippen LogP contribution in [0.1, 0.15) is 18.4 Å². The largest absolute Gasteiger partial charge is 0.342 e. The molecule has 0 N–H and O–H groups in total. The molecule has 3 aliphatic rings. The molecule has 2 atom stereocenters. The molecule has 5 nitrogen and oxygen atoms in total. The predicted octanol–water partition coefficient (Wildman–Crippen LogP) is 2.35. The summed E-state index contributed by atoms with van der Waals surface area (Å²) in [6.07, 6.45) is 1.82. The Bertz CT molecular complexity index is 820. The van der Waals surface area contributed by atoms with Crippen molar-refractivity contribution in [2.45, 2.75) is 30.7 Å². The smallest absolute Gasteiger partial charge is 0.251 e. The first kappa shape index (κ1) is 16.4. The highest BCUT2D eigenvalue weighted by Gasteiger charge is 2.49. The van der Waals surface area contributed by atoms with Crippen LogP contribution in [-0.2, 0) is 21.2 Å². The molecule has 2 aliphatic heterocycles. The highest BCUT2D eigenvalue weighted by Crippen LogP contribution is 2.40. The second kappa shape index (κ2) is 6.04. The third-order valence-electron chi connectivity index (χ3n) is 4.61. The van der Waals surface area contributed by atoms with Crippen molar-refractivity contribution < 1.29 is 13.2 Å². The van der Waals surface area contributed by atoms with E-state index in [1.165, 1.54) is 11.8 Å². The molecule has 1 aliphatic carbocycles. The van der Waals surface area contributed by atoms with Crippen LogP contribution >= 0.6 is 23.4 Å². The molecule has 0 bridgehead atoms. The van der Waals surface area contributed by atoms with Gasteiger partial charge in [0.1, 0.15) is 0 Å². The third kappa shape index (κ3) is 3.21. The first-order valence-corrected chi connectivity index (χ1v) is 11.0. The Balaban J connectivity index is 1.64. The normalized spacial score (nSPS) is 29.9. The van der Waals surface area contributed by atoms with Crippen molar-refractivity contribution in [3.63, 3.8) is 0 Å². The summed E-state index contributed by atoms with van der Waals surface area (Å²) in [4.78, 5) is 18.4. The zero-order valence-electron chi connectivity index (χ0n) is 12.9. The molecule has 1 aromatic carbocycles. The number of amidine groups is 1. The maximum Gasteiger partial charge on any atom is 0.251 e. The number of sulfone groups is 1. The molecule has 0 radical (unpaired) electrons. The fraction of sp³-hybridized carbons (Fsp3) is 0.500. The fourth-order valence-corrected chi connectivity index (χ4v) is 7.30. The van der Waals surface area contributed by atoms with Gasteiger partial charge in [-0.15, -0.1) is 0 Å². The van der Waals surface area contributed by atoms with Crippen LogP contribution in [0.2, 0.25) is 5.02 Å². The second-order valence-corrected chi connectivity index (χ2v) is 10.3. The fourth-order valence-electron chi connectivity index (χ4n) is 3.15. The molecule has 4 rings (SSSR count). The van der Waals surface area contributed by atoms with E-state index in [0.717, 1.165) is 18.4 Å². The van der Waals surface area contributed by atoms with Crippen LogP contribution in [0.4, 0.5) is 0 Å². The van der Waals surface area contributed by atoms with Gasteiger partial charge in [0.25, 0.3) is 5.91 Å². The Morgan fingerprint density at radius 3 is 2.75 bits per heavy atom. The average molecular weight is 385 g/mol. The van der Waals surface area contributed by atoms with Crippen molar-refractivity contribution in [2.24, 2.45) is 10.9 Å². The Hall–Kier alpha value is -1.05. The van der Waals surface area contributed by atoms with E-state index in [0.29, 0.717) is 16.7 Å². The quantitative estimate of drug-likeness (QED) is 0.800.